The quantitative estimate of drug-likeness (QED) is 0.487. The number of rotatable bonds is 8. The molecule has 10 nitrogen and oxygen atoms in total. The number of amides is 1. The molecule has 0 bridgehead atoms. The van der Waals surface area contributed by atoms with E-state index in [0.717, 1.165) is 47.5 Å². The van der Waals surface area contributed by atoms with Gasteiger partial charge in [0, 0.05) is 13.0 Å². The minimum Gasteiger partial charge on any atom is -0.389 e. The predicted octanol–water partition coefficient (Wildman–Crippen LogP) is 0.683. The summed E-state index contributed by atoms with van der Waals surface area (Å²) < 4.78 is 6.60. The Kier molecular flexibility index (Phi) is 8.19. The zero-order valence-corrected chi connectivity index (χ0v) is 18.5. The third kappa shape index (κ3) is 5.63. The smallest absolute Gasteiger partial charge is 0.352 e. The maximum Gasteiger partial charge on any atom is 0.352 e. The molecule has 1 aliphatic rings. The summed E-state index contributed by atoms with van der Waals surface area (Å²) in [6, 6.07) is 4.27. The molecular formula is C21H27ClN4O6. The fraction of sp³-hybridized carbons (Fsp3) is 0.524. The summed E-state index contributed by atoms with van der Waals surface area (Å²) in [6.45, 7) is -0.328. The van der Waals surface area contributed by atoms with Gasteiger partial charge in [-0.25, -0.2) is 4.79 Å². The number of nitrogens with one attached hydrogen (secondary N) is 1. The van der Waals surface area contributed by atoms with Crippen molar-refractivity contribution >= 4 is 17.5 Å². The van der Waals surface area contributed by atoms with Crippen molar-refractivity contribution < 1.29 is 19.7 Å². The molecule has 2 unspecified atom stereocenters. The minimum atomic E-state index is -1.06. The topological polar surface area (TPSA) is 136 Å². The Morgan fingerprint density at radius 2 is 2.00 bits per heavy atom. The van der Waals surface area contributed by atoms with E-state index in [2.05, 4.69) is 10.4 Å². The average molecular weight is 467 g/mol. The number of hydrogen-bond acceptors (Lipinski definition) is 7. The first-order valence-electron chi connectivity index (χ1n) is 10.5. The van der Waals surface area contributed by atoms with Crippen LogP contribution in [0.25, 0.3) is 5.69 Å². The van der Waals surface area contributed by atoms with Gasteiger partial charge in [0.1, 0.15) is 12.4 Å². The Bertz CT molecular complexity index is 1060. The Labute approximate surface area is 189 Å². The number of benzene rings is 1. The van der Waals surface area contributed by atoms with Crippen LogP contribution in [0.1, 0.15) is 42.5 Å². The number of aliphatic hydroxyl groups excluding tert-OH is 2. The van der Waals surface area contributed by atoms with Gasteiger partial charge in [-0.3, -0.25) is 14.2 Å². The van der Waals surface area contributed by atoms with Crippen LogP contribution in [0.15, 0.2) is 34.0 Å². The number of halogens is 1. The second-order valence-corrected chi connectivity index (χ2v) is 8.28. The first-order valence-corrected chi connectivity index (χ1v) is 10.8. The van der Waals surface area contributed by atoms with Gasteiger partial charge in [0.2, 0.25) is 0 Å². The van der Waals surface area contributed by atoms with Crippen LogP contribution in [0.3, 0.4) is 0 Å². The summed E-state index contributed by atoms with van der Waals surface area (Å²) in [5, 5.41) is 26.9. The first-order chi connectivity index (χ1) is 15.3. The highest BCUT2D eigenvalue weighted by Gasteiger charge is 2.24. The molecule has 32 heavy (non-hydrogen) atoms. The summed E-state index contributed by atoms with van der Waals surface area (Å²) in [5.74, 6) is -0.590. The molecule has 2 atom stereocenters. The maximum atomic E-state index is 12.8. The van der Waals surface area contributed by atoms with Gasteiger partial charge in [-0.15, -0.1) is 0 Å². The van der Waals surface area contributed by atoms with Gasteiger partial charge in [-0.05, 0) is 31.0 Å². The van der Waals surface area contributed by atoms with Gasteiger partial charge >= 0.3 is 5.69 Å². The molecule has 1 saturated carbocycles. The van der Waals surface area contributed by atoms with Gasteiger partial charge in [0.05, 0.1) is 35.5 Å². The summed E-state index contributed by atoms with van der Waals surface area (Å²) >= 11 is 6.20. The van der Waals surface area contributed by atoms with E-state index in [0.29, 0.717) is 0 Å². The van der Waals surface area contributed by atoms with Crippen molar-refractivity contribution in [2.45, 2.75) is 51.0 Å². The first kappa shape index (κ1) is 24.1. The number of nitrogens with zero attached hydrogens (tertiary/aromatic N) is 3. The third-order valence-corrected chi connectivity index (χ3v) is 5.86. The molecule has 0 radical (unpaired) electrons. The Morgan fingerprint density at radius 3 is 2.69 bits per heavy atom. The summed E-state index contributed by atoms with van der Waals surface area (Å²) in [6.07, 6.45) is 3.71. The van der Waals surface area contributed by atoms with Crippen LogP contribution in [0, 0.1) is 5.92 Å². The van der Waals surface area contributed by atoms with Crippen molar-refractivity contribution in [3.63, 3.8) is 0 Å². The highest BCUT2D eigenvalue weighted by atomic mass is 35.5. The molecule has 1 aromatic carbocycles. The summed E-state index contributed by atoms with van der Waals surface area (Å²) in [5.41, 5.74) is -1.20. The van der Waals surface area contributed by atoms with E-state index < -0.39 is 29.5 Å². The zero-order valence-electron chi connectivity index (χ0n) is 17.7. The normalized spacial score (nSPS) is 16.5. The highest BCUT2D eigenvalue weighted by molar-refractivity contribution is 6.33. The lowest BCUT2D eigenvalue weighted by Crippen LogP contribution is -2.43. The number of aliphatic hydroxyl groups is 2. The molecule has 1 heterocycles. The van der Waals surface area contributed by atoms with E-state index in [-0.39, 0.29) is 35.3 Å². The van der Waals surface area contributed by atoms with Gasteiger partial charge in [-0.1, -0.05) is 30.9 Å². The molecule has 1 amide bonds. The van der Waals surface area contributed by atoms with Crippen LogP contribution in [0.2, 0.25) is 5.02 Å². The largest absolute Gasteiger partial charge is 0.389 e. The van der Waals surface area contributed by atoms with Gasteiger partial charge in [-0.2, -0.15) is 9.78 Å². The van der Waals surface area contributed by atoms with Crippen molar-refractivity contribution in [1.29, 1.82) is 0 Å². The standard InChI is InChI=1S/C21H27ClN4O6/c1-32-12-15(27)11-25-18(28)10-23-26(21(25)31)14-7-8-17(22)16(9-14)20(30)24-19(29)13-5-3-2-4-6-13/h7-10,13,15,19,27,29H,2-6,11-12H2,1H3,(H,24,30). The average Bonchev–Trinajstić information content (AvgIpc) is 2.78. The van der Waals surface area contributed by atoms with Gasteiger partial charge in [0.25, 0.3) is 11.5 Å². The van der Waals surface area contributed by atoms with Gasteiger partial charge in [0.15, 0.2) is 0 Å². The van der Waals surface area contributed by atoms with E-state index in [4.69, 9.17) is 16.3 Å². The Hall–Kier alpha value is -2.53. The highest BCUT2D eigenvalue weighted by Crippen LogP contribution is 2.26. The van der Waals surface area contributed by atoms with E-state index in [1.807, 2.05) is 0 Å². The lowest BCUT2D eigenvalue weighted by atomic mass is 9.88. The Balaban J connectivity index is 1.87. The predicted molar refractivity (Wildman–Crippen MR) is 117 cm³/mol. The molecule has 0 spiro atoms. The number of methoxy groups -OCH3 is 1. The van der Waals surface area contributed by atoms with Crippen LogP contribution in [0.5, 0.6) is 0 Å². The molecule has 2 aromatic rings. The fourth-order valence-corrected chi connectivity index (χ4v) is 4.04. The van der Waals surface area contributed by atoms with Crippen molar-refractivity contribution in [3.8, 4) is 5.69 Å². The molecule has 1 aromatic heterocycles. The van der Waals surface area contributed by atoms with Crippen LogP contribution < -0.4 is 16.6 Å². The molecule has 0 aliphatic heterocycles. The van der Waals surface area contributed by atoms with Crippen LogP contribution in [-0.4, -0.2) is 56.5 Å². The number of carbonyl (C=O) groups is 1. The number of carbonyl (C=O) groups excluding carboxylic acids is 1. The van der Waals surface area contributed by atoms with Crippen LogP contribution >= 0.6 is 11.6 Å². The number of hydrogen-bond donors (Lipinski definition) is 3. The number of aromatic nitrogens is 3. The van der Waals surface area contributed by atoms with E-state index in [1.165, 1.54) is 25.3 Å². The molecule has 3 N–H and O–H groups in total. The third-order valence-electron chi connectivity index (χ3n) is 5.53. The van der Waals surface area contributed by atoms with Crippen molar-refractivity contribution in [2.75, 3.05) is 13.7 Å². The van der Waals surface area contributed by atoms with Crippen molar-refractivity contribution in [2.24, 2.45) is 5.92 Å². The second-order valence-electron chi connectivity index (χ2n) is 7.88. The lowest BCUT2D eigenvalue weighted by Gasteiger charge is -2.27. The fourth-order valence-electron chi connectivity index (χ4n) is 3.83. The summed E-state index contributed by atoms with van der Waals surface area (Å²) in [7, 11) is 1.39. The molecule has 11 heteroatoms. The molecular weight excluding hydrogens is 440 g/mol. The van der Waals surface area contributed by atoms with E-state index in [9.17, 15) is 24.6 Å². The zero-order chi connectivity index (χ0) is 23.3. The minimum absolute atomic E-state index is 0.0129. The van der Waals surface area contributed by atoms with E-state index in [1.54, 1.807) is 0 Å². The van der Waals surface area contributed by atoms with Crippen LogP contribution in [0.4, 0.5) is 0 Å². The van der Waals surface area contributed by atoms with Crippen molar-refractivity contribution in [3.05, 3.63) is 55.8 Å². The molecule has 174 valence electrons. The molecule has 1 fully saturated rings. The van der Waals surface area contributed by atoms with E-state index >= 15 is 0 Å². The molecule has 0 saturated heterocycles. The van der Waals surface area contributed by atoms with Gasteiger partial charge < -0.3 is 20.3 Å². The van der Waals surface area contributed by atoms with Crippen molar-refractivity contribution in [1.82, 2.24) is 19.7 Å². The summed E-state index contributed by atoms with van der Waals surface area (Å²) in [4.78, 5) is 37.7. The molecule has 3 rings (SSSR count). The van der Waals surface area contributed by atoms with Crippen LogP contribution in [-0.2, 0) is 11.3 Å². The number of ether oxygens (including phenoxy) is 1. The second kappa shape index (κ2) is 10.9. The Morgan fingerprint density at radius 1 is 1.28 bits per heavy atom. The molecule has 1 aliphatic carbocycles. The SMILES string of the molecule is COCC(O)Cn1c(=O)cnn(-c2ccc(Cl)c(C(=O)NC(O)C3CCCCC3)c2)c1=O. The lowest BCUT2D eigenvalue weighted by molar-refractivity contribution is 0.0463. The maximum absolute atomic E-state index is 12.8. The monoisotopic (exact) mass is 466 g/mol.